The van der Waals surface area contributed by atoms with Crippen LogP contribution in [-0.4, -0.2) is 30.1 Å². The zero-order chi connectivity index (χ0) is 11.4. The molecule has 1 heterocycles. The molecule has 1 aliphatic heterocycles. The van der Waals surface area contributed by atoms with Gasteiger partial charge in [0.05, 0.1) is 18.6 Å². The van der Waals surface area contributed by atoms with Crippen LogP contribution in [0.1, 0.15) is 32.6 Å². The van der Waals surface area contributed by atoms with E-state index in [0.29, 0.717) is 19.6 Å². The van der Waals surface area contributed by atoms with Crippen molar-refractivity contribution in [3.63, 3.8) is 0 Å². The van der Waals surface area contributed by atoms with Crippen LogP contribution in [0.5, 0.6) is 0 Å². The summed E-state index contributed by atoms with van der Waals surface area (Å²) in [7, 11) is 0. The lowest BCUT2D eigenvalue weighted by Gasteiger charge is -2.54. The summed E-state index contributed by atoms with van der Waals surface area (Å²) in [6.07, 6.45) is 3.52. The highest BCUT2D eigenvalue weighted by Crippen LogP contribution is 2.58. The number of ether oxygens (including phenoxy) is 2. The largest absolute Gasteiger partial charge is 0.481 e. The number of rotatable bonds is 1. The van der Waals surface area contributed by atoms with Crippen LogP contribution in [0.2, 0.25) is 0 Å². The van der Waals surface area contributed by atoms with Crippen molar-refractivity contribution in [1.29, 1.82) is 0 Å². The first-order valence-electron chi connectivity index (χ1n) is 6.08. The van der Waals surface area contributed by atoms with Gasteiger partial charge in [0, 0.05) is 12.3 Å². The van der Waals surface area contributed by atoms with Crippen molar-refractivity contribution < 1.29 is 19.4 Å². The molecule has 3 unspecified atom stereocenters. The number of carboxylic acid groups (broad SMARTS) is 1. The maximum Gasteiger partial charge on any atom is 0.309 e. The lowest BCUT2D eigenvalue weighted by Crippen LogP contribution is -2.57. The Morgan fingerprint density at radius 3 is 2.31 bits per heavy atom. The lowest BCUT2D eigenvalue weighted by atomic mass is 9.54. The van der Waals surface area contributed by atoms with Crippen molar-refractivity contribution in [2.45, 2.75) is 38.4 Å². The van der Waals surface area contributed by atoms with Crippen LogP contribution in [-0.2, 0) is 14.3 Å². The summed E-state index contributed by atoms with van der Waals surface area (Å²) in [5.74, 6) is -0.623. The van der Waals surface area contributed by atoms with Crippen molar-refractivity contribution >= 4 is 5.97 Å². The van der Waals surface area contributed by atoms with E-state index in [1.165, 1.54) is 0 Å². The molecule has 4 fully saturated rings. The van der Waals surface area contributed by atoms with E-state index in [4.69, 9.17) is 9.47 Å². The second-order valence-electron chi connectivity index (χ2n) is 5.61. The smallest absolute Gasteiger partial charge is 0.309 e. The van der Waals surface area contributed by atoms with E-state index in [1.54, 1.807) is 0 Å². The molecule has 1 spiro atoms. The number of carboxylic acids is 1. The monoisotopic (exact) mass is 226 g/mol. The first-order chi connectivity index (χ1) is 7.57. The molecule has 90 valence electrons. The lowest BCUT2D eigenvalue weighted by molar-refractivity contribution is -0.262. The number of hydrogen-bond acceptors (Lipinski definition) is 3. The van der Waals surface area contributed by atoms with E-state index in [1.807, 2.05) is 6.92 Å². The van der Waals surface area contributed by atoms with Gasteiger partial charge in [-0.05, 0) is 32.1 Å². The second-order valence-corrected chi connectivity index (χ2v) is 5.61. The fourth-order valence-electron chi connectivity index (χ4n) is 3.80. The Morgan fingerprint density at radius 1 is 1.19 bits per heavy atom. The summed E-state index contributed by atoms with van der Waals surface area (Å²) in [5, 5.41) is 9.37. The van der Waals surface area contributed by atoms with Crippen molar-refractivity contribution in [2.24, 2.45) is 17.3 Å². The molecule has 4 heteroatoms. The molecule has 3 atom stereocenters. The molecule has 3 saturated carbocycles. The third-order valence-electron chi connectivity index (χ3n) is 4.85. The van der Waals surface area contributed by atoms with Gasteiger partial charge in [0.15, 0.2) is 5.79 Å². The quantitative estimate of drug-likeness (QED) is 0.738. The summed E-state index contributed by atoms with van der Waals surface area (Å²) >= 11 is 0. The minimum absolute atomic E-state index is 0.202. The normalized spacial score (nSPS) is 45.1. The van der Waals surface area contributed by atoms with Crippen LogP contribution in [0.25, 0.3) is 0 Å². The average Bonchev–Trinajstić information content (AvgIpc) is 2.69. The van der Waals surface area contributed by atoms with Gasteiger partial charge in [0.2, 0.25) is 0 Å². The molecule has 3 aliphatic carbocycles. The molecular formula is C12H18O4. The molecule has 1 saturated heterocycles. The fraction of sp³-hybridized carbons (Fsp3) is 0.917. The minimum atomic E-state index is -0.657. The highest BCUT2D eigenvalue weighted by Gasteiger charge is 2.61. The Bertz CT molecular complexity index is 321. The maximum absolute atomic E-state index is 11.4. The van der Waals surface area contributed by atoms with E-state index in [9.17, 15) is 9.90 Å². The van der Waals surface area contributed by atoms with Gasteiger partial charge >= 0.3 is 5.97 Å². The Morgan fingerprint density at radius 2 is 1.81 bits per heavy atom. The van der Waals surface area contributed by atoms with E-state index in [0.717, 1.165) is 19.3 Å². The van der Waals surface area contributed by atoms with Crippen LogP contribution in [0, 0.1) is 17.3 Å². The van der Waals surface area contributed by atoms with E-state index < -0.39 is 17.2 Å². The molecule has 16 heavy (non-hydrogen) atoms. The third kappa shape index (κ3) is 1.20. The number of aliphatic carboxylic acids is 1. The molecule has 1 N–H and O–H groups in total. The Hall–Kier alpha value is -0.610. The molecule has 2 bridgehead atoms. The molecule has 4 aliphatic rings. The predicted molar refractivity (Wildman–Crippen MR) is 55.8 cm³/mol. The molecular weight excluding hydrogens is 208 g/mol. The van der Waals surface area contributed by atoms with Gasteiger partial charge in [-0.1, -0.05) is 0 Å². The van der Waals surface area contributed by atoms with Crippen LogP contribution in [0.4, 0.5) is 0 Å². The molecule has 0 amide bonds. The summed E-state index contributed by atoms with van der Waals surface area (Å²) < 4.78 is 11.5. The van der Waals surface area contributed by atoms with Crippen molar-refractivity contribution in [3.8, 4) is 0 Å². The van der Waals surface area contributed by atoms with Gasteiger partial charge in [-0.3, -0.25) is 4.79 Å². The SMILES string of the molecule is CC1(C(=O)O)CC2CCC1CC21OCCO1. The Balaban J connectivity index is 1.89. The average molecular weight is 226 g/mol. The minimum Gasteiger partial charge on any atom is -0.481 e. The number of hydrogen-bond donors (Lipinski definition) is 1. The maximum atomic E-state index is 11.4. The highest BCUT2D eigenvalue weighted by molar-refractivity contribution is 5.75. The number of fused-ring (bicyclic) bond motifs is 2. The molecule has 0 aromatic heterocycles. The van der Waals surface area contributed by atoms with Gasteiger partial charge in [-0.2, -0.15) is 0 Å². The number of carbonyl (C=O) groups is 1. The van der Waals surface area contributed by atoms with Crippen molar-refractivity contribution in [2.75, 3.05) is 13.2 Å². The predicted octanol–water partition coefficient (Wildman–Crippen LogP) is 1.64. The molecule has 4 rings (SSSR count). The first-order valence-corrected chi connectivity index (χ1v) is 6.08. The first kappa shape index (κ1) is 10.5. The Kier molecular flexibility index (Phi) is 2.11. The second kappa shape index (κ2) is 3.20. The topological polar surface area (TPSA) is 55.8 Å². The van der Waals surface area contributed by atoms with E-state index >= 15 is 0 Å². The van der Waals surface area contributed by atoms with Crippen molar-refractivity contribution in [1.82, 2.24) is 0 Å². The van der Waals surface area contributed by atoms with Gasteiger partial charge in [0.1, 0.15) is 0 Å². The van der Waals surface area contributed by atoms with Crippen LogP contribution < -0.4 is 0 Å². The van der Waals surface area contributed by atoms with Gasteiger partial charge < -0.3 is 14.6 Å². The molecule has 4 nitrogen and oxygen atoms in total. The van der Waals surface area contributed by atoms with Crippen LogP contribution in [0.15, 0.2) is 0 Å². The van der Waals surface area contributed by atoms with E-state index in [2.05, 4.69) is 0 Å². The van der Waals surface area contributed by atoms with Gasteiger partial charge in [-0.25, -0.2) is 0 Å². The third-order valence-corrected chi connectivity index (χ3v) is 4.85. The van der Waals surface area contributed by atoms with Crippen molar-refractivity contribution in [3.05, 3.63) is 0 Å². The van der Waals surface area contributed by atoms with E-state index in [-0.39, 0.29) is 11.8 Å². The van der Waals surface area contributed by atoms with Crippen LogP contribution >= 0.6 is 0 Å². The summed E-state index contributed by atoms with van der Waals surface area (Å²) in [6, 6.07) is 0. The highest BCUT2D eigenvalue weighted by atomic mass is 16.7. The zero-order valence-corrected chi connectivity index (χ0v) is 9.57. The summed E-state index contributed by atoms with van der Waals surface area (Å²) in [6.45, 7) is 3.20. The standard InChI is InChI=1S/C12H18O4/c1-11(10(13)14)6-9-3-2-8(11)7-12(9)15-4-5-16-12/h8-9H,2-7H2,1H3,(H,13,14). The molecule has 0 aromatic carbocycles. The summed E-state index contributed by atoms with van der Waals surface area (Å²) in [4.78, 5) is 11.4. The molecule has 0 aromatic rings. The fourth-order valence-corrected chi connectivity index (χ4v) is 3.80. The van der Waals surface area contributed by atoms with Gasteiger partial charge in [-0.15, -0.1) is 0 Å². The Labute approximate surface area is 94.9 Å². The molecule has 0 radical (unpaired) electrons. The summed E-state index contributed by atoms with van der Waals surface area (Å²) in [5.41, 5.74) is -0.566. The van der Waals surface area contributed by atoms with Gasteiger partial charge in [0.25, 0.3) is 0 Å². The van der Waals surface area contributed by atoms with Crippen LogP contribution in [0.3, 0.4) is 0 Å². The zero-order valence-electron chi connectivity index (χ0n) is 9.57.